The van der Waals surface area contributed by atoms with Crippen LogP contribution in [0.15, 0.2) is 73.3 Å². The van der Waals surface area contributed by atoms with Crippen LogP contribution < -0.4 is 0 Å². The Morgan fingerprint density at radius 2 is 1.78 bits per heavy atom. The number of hydrogen-bond donors (Lipinski definition) is 0. The van der Waals surface area contributed by atoms with E-state index < -0.39 is 0 Å². The predicted octanol–water partition coefficient (Wildman–Crippen LogP) is 4.68. The lowest BCUT2D eigenvalue weighted by Crippen LogP contribution is -2.14. The van der Waals surface area contributed by atoms with Crippen LogP contribution in [-0.4, -0.2) is 9.55 Å². The van der Waals surface area contributed by atoms with Gasteiger partial charge in [-0.05, 0) is 48.8 Å². The third kappa shape index (κ3) is 4.56. The van der Waals surface area contributed by atoms with Gasteiger partial charge in [0.2, 0.25) is 0 Å². The number of imidazole rings is 1. The first kappa shape index (κ1) is 15.5. The molecule has 23 heavy (non-hydrogen) atoms. The molecule has 2 aromatic carbocycles. The number of aryl methyl sites for hydroxylation is 2. The van der Waals surface area contributed by atoms with Crippen molar-refractivity contribution < 1.29 is 0 Å². The second-order valence-corrected chi connectivity index (χ2v) is 6.28. The van der Waals surface area contributed by atoms with E-state index in [0.29, 0.717) is 5.92 Å². The Labute approximate surface area is 138 Å². The van der Waals surface area contributed by atoms with Gasteiger partial charge in [0.15, 0.2) is 0 Å². The molecule has 1 atom stereocenters. The van der Waals surface area contributed by atoms with Crippen LogP contribution in [0.5, 0.6) is 0 Å². The van der Waals surface area contributed by atoms with Crippen molar-refractivity contribution in [2.45, 2.75) is 32.7 Å². The predicted molar refractivity (Wildman–Crippen MR) is 95.4 cm³/mol. The maximum absolute atomic E-state index is 4.18. The maximum Gasteiger partial charge on any atom is 0.0945 e. The summed E-state index contributed by atoms with van der Waals surface area (Å²) in [4.78, 5) is 4.18. The molecule has 0 saturated carbocycles. The zero-order valence-electron chi connectivity index (χ0n) is 13.7. The molecule has 0 saturated heterocycles. The molecule has 2 nitrogen and oxygen atoms in total. The van der Waals surface area contributed by atoms with Crippen LogP contribution in [0.4, 0.5) is 0 Å². The van der Waals surface area contributed by atoms with Gasteiger partial charge in [-0.25, -0.2) is 4.98 Å². The molecule has 0 aliphatic rings. The standard InChI is InChI=1S/C21H24N2/c1-18-7-5-6-10-21(18)15-20(16-23-14-13-22-17-23)12-11-19-8-3-2-4-9-19/h2-10,13-14,17,20H,11-12,15-16H2,1H3. The molecule has 3 rings (SSSR count). The maximum atomic E-state index is 4.18. The topological polar surface area (TPSA) is 17.8 Å². The quantitative estimate of drug-likeness (QED) is 0.619. The molecule has 118 valence electrons. The van der Waals surface area contributed by atoms with Gasteiger partial charge in [-0.15, -0.1) is 0 Å². The third-order valence-electron chi connectivity index (χ3n) is 4.48. The van der Waals surface area contributed by atoms with E-state index in [1.54, 1.807) is 0 Å². The molecule has 3 aromatic rings. The van der Waals surface area contributed by atoms with Gasteiger partial charge in [0, 0.05) is 18.9 Å². The highest BCUT2D eigenvalue weighted by Crippen LogP contribution is 2.20. The summed E-state index contributed by atoms with van der Waals surface area (Å²) in [5.41, 5.74) is 4.28. The molecule has 1 unspecified atom stereocenters. The lowest BCUT2D eigenvalue weighted by atomic mass is 9.91. The normalized spacial score (nSPS) is 12.2. The van der Waals surface area contributed by atoms with Gasteiger partial charge in [0.05, 0.1) is 6.33 Å². The number of rotatable bonds is 7. The Morgan fingerprint density at radius 1 is 1.00 bits per heavy atom. The molecule has 1 heterocycles. The molecule has 0 aliphatic carbocycles. The molecule has 0 radical (unpaired) electrons. The first-order valence-corrected chi connectivity index (χ1v) is 8.35. The molecule has 0 N–H and O–H groups in total. The van der Waals surface area contributed by atoms with Crippen LogP contribution in [0.1, 0.15) is 23.1 Å². The summed E-state index contributed by atoms with van der Waals surface area (Å²) in [6.45, 7) is 3.24. The summed E-state index contributed by atoms with van der Waals surface area (Å²) in [5, 5.41) is 0. The first-order valence-electron chi connectivity index (χ1n) is 8.35. The minimum Gasteiger partial charge on any atom is -0.337 e. The van der Waals surface area contributed by atoms with Crippen LogP contribution in [0.2, 0.25) is 0 Å². The van der Waals surface area contributed by atoms with E-state index in [9.17, 15) is 0 Å². The van der Waals surface area contributed by atoms with E-state index >= 15 is 0 Å². The minimum absolute atomic E-state index is 0.616. The molecule has 0 bridgehead atoms. The van der Waals surface area contributed by atoms with Gasteiger partial charge in [-0.3, -0.25) is 0 Å². The average Bonchev–Trinajstić information content (AvgIpc) is 3.09. The summed E-state index contributed by atoms with van der Waals surface area (Å²) >= 11 is 0. The highest BCUT2D eigenvalue weighted by Gasteiger charge is 2.12. The molecule has 0 amide bonds. The van der Waals surface area contributed by atoms with E-state index in [1.807, 2.05) is 12.5 Å². The largest absolute Gasteiger partial charge is 0.337 e. The molecule has 0 aliphatic heterocycles. The van der Waals surface area contributed by atoms with Gasteiger partial charge in [0.25, 0.3) is 0 Å². The Morgan fingerprint density at radius 3 is 2.52 bits per heavy atom. The minimum atomic E-state index is 0.616. The zero-order valence-corrected chi connectivity index (χ0v) is 13.7. The molecular formula is C21H24N2. The van der Waals surface area contributed by atoms with E-state index in [1.165, 1.54) is 23.1 Å². The van der Waals surface area contributed by atoms with Crippen LogP contribution in [-0.2, 0) is 19.4 Å². The summed E-state index contributed by atoms with van der Waals surface area (Å²) in [7, 11) is 0. The van der Waals surface area contributed by atoms with Crippen molar-refractivity contribution in [2.75, 3.05) is 0 Å². The lowest BCUT2D eigenvalue weighted by Gasteiger charge is -2.19. The van der Waals surface area contributed by atoms with Gasteiger partial charge in [-0.2, -0.15) is 0 Å². The SMILES string of the molecule is Cc1ccccc1CC(CCc1ccccc1)Cn1ccnc1. The van der Waals surface area contributed by atoms with E-state index in [0.717, 1.165) is 19.4 Å². The lowest BCUT2D eigenvalue weighted by molar-refractivity contribution is 0.412. The molecule has 0 fully saturated rings. The highest BCUT2D eigenvalue weighted by atomic mass is 15.0. The van der Waals surface area contributed by atoms with Crippen LogP contribution in [0, 0.1) is 12.8 Å². The second kappa shape index (κ2) is 7.77. The van der Waals surface area contributed by atoms with Crippen molar-refractivity contribution >= 4 is 0 Å². The Hall–Kier alpha value is -2.35. The van der Waals surface area contributed by atoms with Crippen molar-refractivity contribution in [2.24, 2.45) is 5.92 Å². The van der Waals surface area contributed by atoms with Crippen molar-refractivity contribution in [1.82, 2.24) is 9.55 Å². The fourth-order valence-electron chi connectivity index (χ4n) is 3.12. The fraction of sp³-hybridized carbons (Fsp3) is 0.286. The summed E-state index contributed by atoms with van der Waals surface area (Å²) in [6.07, 6.45) is 9.29. The monoisotopic (exact) mass is 304 g/mol. The zero-order chi connectivity index (χ0) is 15.9. The number of hydrogen-bond acceptors (Lipinski definition) is 1. The van der Waals surface area contributed by atoms with Crippen LogP contribution >= 0.6 is 0 Å². The van der Waals surface area contributed by atoms with Crippen molar-refractivity contribution in [3.8, 4) is 0 Å². The van der Waals surface area contributed by atoms with Crippen LogP contribution in [0.25, 0.3) is 0 Å². The number of aromatic nitrogens is 2. The van der Waals surface area contributed by atoms with Gasteiger partial charge >= 0.3 is 0 Å². The second-order valence-electron chi connectivity index (χ2n) is 6.28. The molecule has 0 spiro atoms. The van der Waals surface area contributed by atoms with Crippen LogP contribution in [0.3, 0.4) is 0 Å². The smallest absolute Gasteiger partial charge is 0.0945 e. The Balaban J connectivity index is 1.69. The molecule has 2 heteroatoms. The number of nitrogens with zero attached hydrogens (tertiary/aromatic N) is 2. The van der Waals surface area contributed by atoms with E-state index in [4.69, 9.17) is 0 Å². The Bertz CT molecular complexity index is 702. The summed E-state index contributed by atoms with van der Waals surface area (Å²) in [5.74, 6) is 0.616. The molecule has 1 aromatic heterocycles. The van der Waals surface area contributed by atoms with Gasteiger partial charge in [-0.1, -0.05) is 54.6 Å². The highest BCUT2D eigenvalue weighted by molar-refractivity contribution is 5.26. The number of benzene rings is 2. The first-order chi connectivity index (χ1) is 11.3. The van der Waals surface area contributed by atoms with Crippen molar-refractivity contribution in [3.05, 3.63) is 90.0 Å². The van der Waals surface area contributed by atoms with Gasteiger partial charge in [0.1, 0.15) is 0 Å². The fourth-order valence-corrected chi connectivity index (χ4v) is 3.12. The van der Waals surface area contributed by atoms with Crippen molar-refractivity contribution in [3.63, 3.8) is 0 Å². The Kier molecular flexibility index (Phi) is 5.25. The molecular weight excluding hydrogens is 280 g/mol. The van der Waals surface area contributed by atoms with E-state index in [-0.39, 0.29) is 0 Å². The third-order valence-corrected chi connectivity index (χ3v) is 4.48. The average molecular weight is 304 g/mol. The van der Waals surface area contributed by atoms with E-state index in [2.05, 4.69) is 77.3 Å². The van der Waals surface area contributed by atoms with Gasteiger partial charge < -0.3 is 4.57 Å². The summed E-state index contributed by atoms with van der Waals surface area (Å²) < 4.78 is 2.20. The summed E-state index contributed by atoms with van der Waals surface area (Å²) in [6, 6.07) is 19.5. The van der Waals surface area contributed by atoms with Crippen molar-refractivity contribution in [1.29, 1.82) is 0 Å².